The molecule has 126 valence electrons. The Morgan fingerprint density at radius 2 is 2.04 bits per heavy atom. The van der Waals surface area contributed by atoms with Gasteiger partial charge in [0.05, 0.1) is 0 Å². The summed E-state index contributed by atoms with van der Waals surface area (Å²) in [7, 11) is 0. The van der Waals surface area contributed by atoms with E-state index in [1.165, 1.54) is 0 Å². The van der Waals surface area contributed by atoms with Gasteiger partial charge < -0.3 is 9.64 Å². The van der Waals surface area contributed by atoms with Crippen molar-refractivity contribution in [2.24, 2.45) is 0 Å². The third-order valence-corrected chi connectivity index (χ3v) is 4.00. The minimum absolute atomic E-state index is 0.122. The Balaban J connectivity index is 1.51. The van der Waals surface area contributed by atoms with Gasteiger partial charge in [-0.05, 0) is 26.0 Å². The summed E-state index contributed by atoms with van der Waals surface area (Å²) < 4.78 is 6.03. The number of likely N-dealkylation sites (tertiary alicyclic amines) is 1. The molecule has 24 heavy (non-hydrogen) atoms. The highest BCUT2D eigenvalue weighted by atomic mass is 16.5. The summed E-state index contributed by atoms with van der Waals surface area (Å²) in [6.07, 6.45) is 6.89. The van der Waals surface area contributed by atoms with Crippen LogP contribution >= 0.6 is 0 Å². The van der Waals surface area contributed by atoms with E-state index in [1.54, 1.807) is 36.5 Å². The van der Waals surface area contributed by atoms with Crippen molar-refractivity contribution in [1.82, 2.24) is 19.9 Å². The van der Waals surface area contributed by atoms with Gasteiger partial charge in [0.25, 0.3) is 0 Å². The average molecular weight is 327 g/mol. The lowest BCUT2D eigenvalue weighted by molar-refractivity contribution is 0.115. The average Bonchev–Trinajstić information content (AvgIpc) is 2.57. The molecule has 0 saturated carbocycles. The van der Waals surface area contributed by atoms with E-state index in [-0.39, 0.29) is 12.1 Å². The first-order chi connectivity index (χ1) is 11.6. The van der Waals surface area contributed by atoms with Crippen molar-refractivity contribution in [2.45, 2.75) is 32.8 Å². The van der Waals surface area contributed by atoms with Crippen molar-refractivity contribution in [3.05, 3.63) is 42.1 Å². The van der Waals surface area contributed by atoms with Crippen molar-refractivity contribution in [2.75, 3.05) is 18.4 Å². The largest absolute Gasteiger partial charge is 0.490 e. The maximum atomic E-state index is 12.3. The fraction of sp³-hybridized carbons (Fsp3) is 0.412. The predicted molar refractivity (Wildman–Crippen MR) is 90.0 cm³/mol. The minimum atomic E-state index is -0.133. The van der Waals surface area contributed by atoms with Crippen LogP contribution in [-0.4, -0.2) is 45.1 Å². The molecule has 2 amide bonds. The number of carbonyl (C=O) groups excluding carboxylic acids is 1. The van der Waals surface area contributed by atoms with Crippen LogP contribution in [0.1, 0.15) is 24.2 Å². The number of carbonyl (C=O) groups is 1. The summed E-state index contributed by atoms with van der Waals surface area (Å²) in [5, 5.41) is 2.81. The number of hydrogen-bond donors (Lipinski definition) is 1. The first kappa shape index (κ1) is 16.2. The van der Waals surface area contributed by atoms with Gasteiger partial charge >= 0.3 is 6.03 Å². The second-order valence-corrected chi connectivity index (χ2v) is 5.86. The number of rotatable bonds is 3. The molecule has 0 bridgehead atoms. The lowest BCUT2D eigenvalue weighted by atomic mass is 10.1. The molecule has 1 N–H and O–H groups in total. The van der Waals surface area contributed by atoms with E-state index in [1.807, 2.05) is 13.0 Å². The molecule has 2 aromatic rings. The molecule has 0 aliphatic carbocycles. The third-order valence-electron chi connectivity index (χ3n) is 4.00. The SMILES string of the molecule is Cc1nccc(NC(=O)N2CCC(Oc3ccncc3C)CC2)n1. The zero-order valence-corrected chi connectivity index (χ0v) is 13.9. The third kappa shape index (κ3) is 3.98. The molecule has 2 aromatic heterocycles. The Bertz CT molecular complexity index is 714. The van der Waals surface area contributed by atoms with Crippen LogP contribution in [-0.2, 0) is 0 Å². The Morgan fingerprint density at radius 3 is 2.75 bits per heavy atom. The van der Waals surface area contributed by atoms with Crippen LogP contribution in [0.15, 0.2) is 30.7 Å². The second-order valence-electron chi connectivity index (χ2n) is 5.86. The van der Waals surface area contributed by atoms with Crippen LogP contribution in [0.3, 0.4) is 0 Å². The van der Waals surface area contributed by atoms with Gasteiger partial charge in [0.15, 0.2) is 0 Å². The lowest BCUT2D eigenvalue weighted by Gasteiger charge is -2.32. The van der Waals surface area contributed by atoms with Gasteiger partial charge in [-0.15, -0.1) is 0 Å². The van der Waals surface area contributed by atoms with Crippen LogP contribution in [0.25, 0.3) is 0 Å². The van der Waals surface area contributed by atoms with E-state index in [2.05, 4.69) is 20.3 Å². The van der Waals surface area contributed by atoms with Crippen LogP contribution in [0.2, 0.25) is 0 Å². The molecule has 7 nitrogen and oxygen atoms in total. The smallest absolute Gasteiger partial charge is 0.323 e. The van der Waals surface area contributed by atoms with E-state index in [0.29, 0.717) is 24.7 Å². The zero-order chi connectivity index (χ0) is 16.9. The molecule has 7 heteroatoms. The van der Waals surface area contributed by atoms with Gasteiger partial charge in [-0.25, -0.2) is 14.8 Å². The highest BCUT2D eigenvalue weighted by Crippen LogP contribution is 2.21. The minimum Gasteiger partial charge on any atom is -0.490 e. The number of piperidine rings is 1. The predicted octanol–water partition coefficient (Wildman–Crippen LogP) is 2.56. The number of anilines is 1. The molecule has 0 atom stereocenters. The number of urea groups is 1. The molecule has 1 saturated heterocycles. The van der Waals surface area contributed by atoms with E-state index in [0.717, 1.165) is 24.2 Å². The monoisotopic (exact) mass is 327 g/mol. The van der Waals surface area contributed by atoms with Crippen molar-refractivity contribution < 1.29 is 9.53 Å². The molecule has 1 aliphatic rings. The number of nitrogens with one attached hydrogen (secondary N) is 1. The summed E-state index contributed by atoms with van der Waals surface area (Å²) >= 11 is 0. The van der Waals surface area contributed by atoms with Gasteiger partial charge in [-0.2, -0.15) is 0 Å². The van der Waals surface area contributed by atoms with Crippen molar-refractivity contribution in [3.8, 4) is 5.75 Å². The van der Waals surface area contributed by atoms with Crippen LogP contribution in [0.4, 0.5) is 10.6 Å². The Kier molecular flexibility index (Phi) is 4.88. The quantitative estimate of drug-likeness (QED) is 0.937. The molecule has 0 radical (unpaired) electrons. The van der Waals surface area contributed by atoms with Crippen LogP contribution < -0.4 is 10.1 Å². The molecule has 3 heterocycles. The molecule has 3 rings (SSSR count). The summed E-state index contributed by atoms with van der Waals surface area (Å²) in [4.78, 5) is 26.4. The van der Waals surface area contributed by atoms with Gasteiger partial charge in [0, 0.05) is 50.1 Å². The summed E-state index contributed by atoms with van der Waals surface area (Å²) in [6, 6.07) is 3.44. The van der Waals surface area contributed by atoms with E-state index in [4.69, 9.17) is 4.74 Å². The van der Waals surface area contributed by atoms with Gasteiger partial charge in [0.1, 0.15) is 23.5 Å². The van der Waals surface area contributed by atoms with Gasteiger partial charge in [-0.1, -0.05) is 0 Å². The molecular weight excluding hydrogens is 306 g/mol. The summed E-state index contributed by atoms with van der Waals surface area (Å²) in [5.41, 5.74) is 1.02. The van der Waals surface area contributed by atoms with Crippen molar-refractivity contribution in [1.29, 1.82) is 0 Å². The van der Waals surface area contributed by atoms with Crippen LogP contribution in [0.5, 0.6) is 5.75 Å². The first-order valence-corrected chi connectivity index (χ1v) is 8.04. The number of hydrogen-bond acceptors (Lipinski definition) is 5. The van der Waals surface area contributed by atoms with E-state index < -0.39 is 0 Å². The standard InChI is InChI=1S/C17H21N5O2/c1-12-11-18-7-3-15(12)24-14-5-9-22(10-6-14)17(23)21-16-4-8-19-13(2)20-16/h3-4,7-8,11,14H,5-6,9-10H2,1-2H3,(H,19,20,21,23). The fourth-order valence-corrected chi connectivity index (χ4v) is 2.66. The molecule has 0 aromatic carbocycles. The van der Waals surface area contributed by atoms with Crippen LogP contribution in [0, 0.1) is 13.8 Å². The highest BCUT2D eigenvalue weighted by Gasteiger charge is 2.24. The van der Waals surface area contributed by atoms with E-state index in [9.17, 15) is 4.79 Å². The van der Waals surface area contributed by atoms with Gasteiger partial charge in [-0.3, -0.25) is 10.3 Å². The molecule has 0 spiro atoms. The topological polar surface area (TPSA) is 80.2 Å². The number of aryl methyl sites for hydroxylation is 2. The lowest BCUT2D eigenvalue weighted by Crippen LogP contribution is -2.43. The Hall–Kier alpha value is -2.70. The number of nitrogens with zero attached hydrogens (tertiary/aromatic N) is 4. The molecule has 1 fully saturated rings. The second kappa shape index (κ2) is 7.25. The molecule has 1 aliphatic heterocycles. The fourth-order valence-electron chi connectivity index (χ4n) is 2.66. The normalized spacial score (nSPS) is 15.2. The number of ether oxygens (including phenoxy) is 1. The maximum Gasteiger partial charge on any atom is 0.323 e. The first-order valence-electron chi connectivity index (χ1n) is 8.04. The summed E-state index contributed by atoms with van der Waals surface area (Å²) in [6.45, 7) is 5.09. The Labute approximate surface area is 141 Å². The molecular formula is C17H21N5O2. The van der Waals surface area contributed by atoms with Crippen molar-refractivity contribution >= 4 is 11.8 Å². The van der Waals surface area contributed by atoms with Gasteiger partial charge in [0.2, 0.25) is 0 Å². The number of aromatic nitrogens is 3. The highest BCUT2D eigenvalue weighted by molar-refractivity contribution is 5.88. The maximum absolute atomic E-state index is 12.3. The molecule has 0 unspecified atom stereocenters. The number of pyridine rings is 1. The van der Waals surface area contributed by atoms with Crippen molar-refractivity contribution in [3.63, 3.8) is 0 Å². The van der Waals surface area contributed by atoms with E-state index >= 15 is 0 Å². The summed E-state index contributed by atoms with van der Waals surface area (Å²) in [5.74, 6) is 2.02. The zero-order valence-electron chi connectivity index (χ0n) is 13.9. The Morgan fingerprint density at radius 1 is 1.25 bits per heavy atom. The number of amides is 2.